The van der Waals surface area contributed by atoms with E-state index in [0.717, 1.165) is 31.2 Å². The van der Waals surface area contributed by atoms with Gasteiger partial charge < -0.3 is 20.3 Å². The lowest BCUT2D eigenvalue weighted by Crippen LogP contribution is -2.45. The van der Waals surface area contributed by atoms with Crippen LogP contribution in [0.5, 0.6) is 11.5 Å². The van der Waals surface area contributed by atoms with Crippen molar-refractivity contribution in [3.63, 3.8) is 0 Å². The van der Waals surface area contributed by atoms with Gasteiger partial charge in [-0.05, 0) is 49.4 Å². The van der Waals surface area contributed by atoms with E-state index in [0.29, 0.717) is 6.07 Å². The molecule has 0 aromatic heterocycles. The lowest BCUT2D eigenvalue weighted by molar-refractivity contribution is -0.139. The third-order valence-electron chi connectivity index (χ3n) is 3.38. The highest BCUT2D eigenvalue weighted by molar-refractivity contribution is 5.97. The van der Waals surface area contributed by atoms with Crippen molar-refractivity contribution >= 4 is 11.6 Å². The summed E-state index contributed by atoms with van der Waals surface area (Å²) in [5.74, 6) is -2.29. The first-order chi connectivity index (χ1) is 12.0. The first-order valence-corrected chi connectivity index (χ1v) is 7.31. The van der Waals surface area contributed by atoms with Gasteiger partial charge in [-0.3, -0.25) is 4.79 Å². The second-order valence-corrected chi connectivity index (χ2v) is 5.70. The Labute approximate surface area is 145 Å². The fourth-order valence-electron chi connectivity index (χ4n) is 1.93. The molecule has 1 atom stereocenters. The van der Waals surface area contributed by atoms with Crippen molar-refractivity contribution in [1.29, 1.82) is 0 Å². The smallest absolute Gasteiger partial charge is 0.420 e. The Kier molecular flexibility index (Phi) is 5.41. The molecule has 2 aromatic carbocycles. The Morgan fingerprint density at radius 3 is 2.35 bits per heavy atom. The summed E-state index contributed by atoms with van der Waals surface area (Å²) in [4.78, 5) is 12.1. The number of carbonyl (C=O) groups excluding carboxylic acids is 1. The molecule has 0 unspecified atom stereocenters. The molecule has 1 amide bonds. The Morgan fingerprint density at radius 2 is 1.77 bits per heavy atom. The van der Waals surface area contributed by atoms with E-state index in [4.69, 9.17) is 4.74 Å². The molecule has 0 aliphatic rings. The molecule has 9 heteroatoms. The van der Waals surface area contributed by atoms with Crippen LogP contribution in [-0.2, 0) is 11.0 Å². The maximum atomic E-state index is 12.8. The largest absolute Gasteiger partial charge is 0.507 e. The molecule has 0 aliphatic heterocycles. The molecule has 0 fully saturated rings. The van der Waals surface area contributed by atoms with Gasteiger partial charge in [0.1, 0.15) is 23.9 Å². The highest BCUT2D eigenvalue weighted by Crippen LogP contribution is 2.37. The number of hydrogen-bond acceptors (Lipinski definition) is 4. The van der Waals surface area contributed by atoms with Crippen LogP contribution in [0.2, 0.25) is 0 Å². The van der Waals surface area contributed by atoms with Crippen LogP contribution in [0.1, 0.15) is 12.5 Å². The zero-order valence-corrected chi connectivity index (χ0v) is 13.5. The van der Waals surface area contributed by atoms with E-state index in [1.54, 1.807) is 0 Å². The van der Waals surface area contributed by atoms with Crippen LogP contribution in [-0.4, -0.2) is 28.3 Å². The molecule has 3 N–H and O–H groups in total. The van der Waals surface area contributed by atoms with Crippen molar-refractivity contribution in [2.45, 2.75) is 18.7 Å². The van der Waals surface area contributed by atoms with E-state index < -0.39 is 41.4 Å². The molecule has 140 valence electrons. The number of amides is 1. The number of alkyl halides is 3. The first kappa shape index (κ1) is 19.5. The molecular weight excluding hydrogens is 358 g/mol. The zero-order chi connectivity index (χ0) is 19.5. The highest BCUT2D eigenvalue weighted by Gasteiger charge is 2.35. The molecular formula is C17H15F4NO4. The molecule has 2 rings (SSSR count). The third-order valence-corrected chi connectivity index (χ3v) is 3.38. The fraction of sp³-hybridized carbons (Fsp3) is 0.235. The Bertz CT molecular complexity index is 788. The van der Waals surface area contributed by atoms with Crippen molar-refractivity contribution in [1.82, 2.24) is 0 Å². The van der Waals surface area contributed by atoms with Crippen LogP contribution in [0.3, 0.4) is 0 Å². The average molecular weight is 373 g/mol. The van der Waals surface area contributed by atoms with Crippen molar-refractivity contribution in [2.75, 3.05) is 11.9 Å². The summed E-state index contributed by atoms with van der Waals surface area (Å²) in [5, 5.41) is 21.6. The maximum Gasteiger partial charge on any atom is 0.420 e. The molecule has 0 heterocycles. The predicted octanol–water partition coefficient (Wildman–Crippen LogP) is 3.32. The summed E-state index contributed by atoms with van der Waals surface area (Å²) in [6.07, 6.45) is -4.81. The van der Waals surface area contributed by atoms with Gasteiger partial charge in [0.2, 0.25) is 0 Å². The maximum absolute atomic E-state index is 12.8. The summed E-state index contributed by atoms with van der Waals surface area (Å²) >= 11 is 0. The molecule has 0 saturated heterocycles. The summed E-state index contributed by atoms with van der Waals surface area (Å²) in [7, 11) is 0. The number of rotatable bonds is 5. The van der Waals surface area contributed by atoms with Gasteiger partial charge in [-0.2, -0.15) is 13.2 Å². The number of anilines is 1. The van der Waals surface area contributed by atoms with Crippen LogP contribution >= 0.6 is 0 Å². The molecule has 0 saturated carbocycles. The van der Waals surface area contributed by atoms with E-state index >= 15 is 0 Å². The molecule has 0 bridgehead atoms. The predicted molar refractivity (Wildman–Crippen MR) is 84.3 cm³/mol. The average Bonchev–Trinajstić information content (AvgIpc) is 2.55. The number of aliphatic hydroxyl groups is 1. The van der Waals surface area contributed by atoms with Gasteiger partial charge in [-0.15, -0.1) is 0 Å². The van der Waals surface area contributed by atoms with Gasteiger partial charge >= 0.3 is 6.18 Å². The van der Waals surface area contributed by atoms with Crippen LogP contribution in [0.15, 0.2) is 42.5 Å². The number of benzene rings is 2. The van der Waals surface area contributed by atoms with Gasteiger partial charge in [0.15, 0.2) is 5.60 Å². The fourth-order valence-corrected chi connectivity index (χ4v) is 1.93. The molecule has 26 heavy (non-hydrogen) atoms. The SMILES string of the molecule is C[C@](O)(COc1ccc(F)cc1)C(=O)Nc1ccc(O)c(C(F)(F)F)c1. The quantitative estimate of drug-likeness (QED) is 0.555. The molecule has 0 radical (unpaired) electrons. The number of aromatic hydroxyl groups is 1. The number of halogens is 4. The van der Waals surface area contributed by atoms with Gasteiger partial charge in [0.25, 0.3) is 5.91 Å². The second-order valence-electron chi connectivity index (χ2n) is 5.70. The lowest BCUT2D eigenvalue weighted by atomic mass is 10.1. The molecule has 5 nitrogen and oxygen atoms in total. The monoisotopic (exact) mass is 373 g/mol. The molecule has 0 aliphatic carbocycles. The molecule has 2 aromatic rings. The van der Waals surface area contributed by atoms with Crippen molar-refractivity contribution in [3.05, 3.63) is 53.8 Å². The minimum atomic E-state index is -4.81. The van der Waals surface area contributed by atoms with Crippen LogP contribution < -0.4 is 10.1 Å². The number of hydrogen-bond donors (Lipinski definition) is 3. The number of nitrogens with one attached hydrogen (secondary N) is 1. The zero-order valence-electron chi connectivity index (χ0n) is 13.5. The van der Waals surface area contributed by atoms with Gasteiger partial charge in [0.05, 0.1) is 5.56 Å². The number of phenols is 1. The van der Waals surface area contributed by atoms with E-state index in [1.165, 1.54) is 12.1 Å². The van der Waals surface area contributed by atoms with Gasteiger partial charge in [-0.25, -0.2) is 4.39 Å². The number of carbonyl (C=O) groups is 1. The minimum absolute atomic E-state index is 0.198. The summed E-state index contributed by atoms with van der Waals surface area (Å²) in [6, 6.07) is 7.21. The topological polar surface area (TPSA) is 78.8 Å². The summed E-state index contributed by atoms with van der Waals surface area (Å²) in [6.45, 7) is 0.589. The molecule has 0 spiro atoms. The first-order valence-electron chi connectivity index (χ1n) is 7.31. The van der Waals surface area contributed by atoms with Crippen LogP contribution in [0.4, 0.5) is 23.2 Å². The van der Waals surface area contributed by atoms with E-state index in [-0.39, 0.29) is 11.4 Å². The van der Waals surface area contributed by atoms with Crippen molar-refractivity contribution in [2.24, 2.45) is 0 Å². The van der Waals surface area contributed by atoms with Crippen LogP contribution in [0, 0.1) is 5.82 Å². The number of ether oxygens (including phenoxy) is 1. The standard InChI is InChI=1S/C17H15F4NO4/c1-16(25,9-26-12-5-2-10(18)3-6-12)15(24)22-11-4-7-14(23)13(8-11)17(19,20)21/h2-8,23,25H,9H2,1H3,(H,22,24)/t16-/m0/s1. The van der Waals surface area contributed by atoms with Gasteiger partial charge in [0, 0.05) is 5.69 Å². The Morgan fingerprint density at radius 1 is 1.15 bits per heavy atom. The third kappa shape index (κ3) is 4.85. The highest BCUT2D eigenvalue weighted by atomic mass is 19.4. The Hall–Kier alpha value is -2.81. The summed E-state index contributed by atoms with van der Waals surface area (Å²) < 4.78 is 56.3. The lowest BCUT2D eigenvalue weighted by Gasteiger charge is -2.23. The number of phenolic OH excluding ortho intramolecular Hbond substituents is 1. The Balaban J connectivity index is 2.06. The van der Waals surface area contributed by atoms with E-state index in [2.05, 4.69) is 5.32 Å². The normalized spacial score (nSPS) is 13.8. The van der Waals surface area contributed by atoms with Crippen LogP contribution in [0.25, 0.3) is 0 Å². The van der Waals surface area contributed by atoms with Gasteiger partial charge in [-0.1, -0.05) is 0 Å². The van der Waals surface area contributed by atoms with E-state index in [9.17, 15) is 32.6 Å². The second kappa shape index (κ2) is 7.20. The summed E-state index contributed by atoms with van der Waals surface area (Å²) in [5.41, 5.74) is -3.66. The van der Waals surface area contributed by atoms with Crippen molar-refractivity contribution < 1.29 is 37.3 Å². The minimum Gasteiger partial charge on any atom is -0.507 e. The van der Waals surface area contributed by atoms with E-state index in [1.807, 2.05) is 0 Å². The van der Waals surface area contributed by atoms with Crippen molar-refractivity contribution in [3.8, 4) is 11.5 Å².